The second-order valence-corrected chi connectivity index (χ2v) is 7.86. The number of aromatic nitrogens is 3. The van der Waals surface area contributed by atoms with Gasteiger partial charge in [0.05, 0.1) is 12.1 Å². The zero-order valence-corrected chi connectivity index (χ0v) is 16.9. The molecule has 0 fully saturated rings. The molecule has 2 aromatic carbocycles. The van der Waals surface area contributed by atoms with Crippen molar-refractivity contribution in [2.45, 2.75) is 38.6 Å². The van der Waals surface area contributed by atoms with Gasteiger partial charge in [-0.05, 0) is 48.7 Å². The number of carbonyl (C=O) groups excluding carboxylic acids is 1. The average molecular weight is 443 g/mol. The van der Waals surface area contributed by atoms with Crippen molar-refractivity contribution in [1.82, 2.24) is 14.8 Å². The van der Waals surface area contributed by atoms with Crippen LogP contribution < -0.4 is 5.32 Å². The van der Waals surface area contributed by atoms with Crippen LogP contribution in [-0.2, 0) is 24.2 Å². The molecule has 0 saturated heterocycles. The van der Waals surface area contributed by atoms with Crippen LogP contribution in [0.2, 0.25) is 0 Å². The first kappa shape index (κ1) is 18.8. The highest BCUT2D eigenvalue weighted by atomic mass is 79.9. The summed E-state index contributed by atoms with van der Waals surface area (Å²) in [5.41, 5.74) is 1.77. The molecule has 0 spiro atoms. The van der Waals surface area contributed by atoms with Gasteiger partial charge in [-0.25, -0.2) is 4.39 Å². The molecule has 0 bridgehead atoms. The Bertz CT molecular complexity index is 1000. The summed E-state index contributed by atoms with van der Waals surface area (Å²) in [7, 11) is 0. The fourth-order valence-electron chi connectivity index (χ4n) is 3.44. The molecule has 28 heavy (non-hydrogen) atoms. The Labute approximate surface area is 171 Å². The van der Waals surface area contributed by atoms with Gasteiger partial charge in [0.25, 0.3) is 0 Å². The van der Waals surface area contributed by atoms with E-state index in [1.807, 2.05) is 24.3 Å². The van der Waals surface area contributed by atoms with Crippen LogP contribution in [0, 0.1) is 5.82 Å². The van der Waals surface area contributed by atoms with E-state index in [0.29, 0.717) is 0 Å². The average Bonchev–Trinajstić information content (AvgIpc) is 2.93. The number of nitrogens with one attached hydrogen (secondary N) is 1. The van der Waals surface area contributed by atoms with Crippen LogP contribution in [0.1, 0.15) is 30.7 Å². The molecule has 144 valence electrons. The van der Waals surface area contributed by atoms with Crippen molar-refractivity contribution in [3.05, 3.63) is 64.1 Å². The first-order valence-corrected chi connectivity index (χ1v) is 10.2. The van der Waals surface area contributed by atoms with Crippen LogP contribution in [0.3, 0.4) is 0 Å². The Morgan fingerprint density at radius 1 is 1.11 bits per heavy atom. The lowest BCUT2D eigenvalue weighted by molar-refractivity contribution is -0.115. The maximum atomic E-state index is 14.3. The third kappa shape index (κ3) is 4.14. The molecular formula is C21H20BrFN4O. The van der Waals surface area contributed by atoms with Crippen LogP contribution >= 0.6 is 15.9 Å². The summed E-state index contributed by atoms with van der Waals surface area (Å²) in [5, 5.41) is 11.3. The largest absolute Gasteiger partial charge is 0.323 e. The lowest BCUT2D eigenvalue weighted by Crippen LogP contribution is -2.15. The van der Waals surface area contributed by atoms with Crippen molar-refractivity contribution in [2.75, 3.05) is 5.32 Å². The van der Waals surface area contributed by atoms with Crippen LogP contribution in [-0.4, -0.2) is 20.7 Å². The number of fused-ring (bicyclic) bond motifs is 1. The topological polar surface area (TPSA) is 59.8 Å². The van der Waals surface area contributed by atoms with Gasteiger partial charge in [-0.2, -0.15) is 0 Å². The number of nitrogens with zero attached hydrogens (tertiary/aromatic N) is 3. The van der Waals surface area contributed by atoms with Crippen molar-refractivity contribution in [3.63, 3.8) is 0 Å². The molecule has 1 aliphatic rings. The number of amides is 1. The monoisotopic (exact) mass is 442 g/mol. The number of anilines is 1. The van der Waals surface area contributed by atoms with Crippen molar-refractivity contribution < 1.29 is 9.18 Å². The van der Waals surface area contributed by atoms with Gasteiger partial charge in [-0.1, -0.05) is 34.5 Å². The zero-order chi connectivity index (χ0) is 19.5. The summed E-state index contributed by atoms with van der Waals surface area (Å²) in [4.78, 5) is 12.4. The molecule has 0 atom stereocenters. The molecule has 1 N–H and O–H groups in total. The normalized spacial score (nSPS) is 13.6. The number of halogens is 2. The summed E-state index contributed by atoms with van der Waals surface area (Å²) >= 11 is 3.37. The molecule has 2 heterocycles. The summed E-state index contributed by atoms with van der Waals surface area (Å²) in [6.07, 6.45) is 4.45. The number of benzene rings is 2. The number of hydrogen-bond donors (Lipinski definition) is 1. The summed E-state index contributed by atoms with van der Waals surface area (Å²) in [5.74, 6) is 0.958. The maximum Gasteiger partial charge on any atom is 0.228 e. The van der Waals surface area contributed by atoms with Gasteiger partial charge in [0.15, 0.2) is 5.82 Å². The fraction of sp³-hybridized carbons (Fsp3) is 0.286. The molecule has 5 nitrogen and oxygen atoms in total. The SMILES string of the molecule is O=C(Cc1ccc(Br)cc1)Nc1cc(-c2nnc3n2CCCCC3)ccc1F. The van der Waals surface area contributed by atoms with Gasteiger partial charge < -0.3 is 9.88 Å². The van der Waals surface area contributed by atoms with Gasteiger partial charge >= 0.3 is 0 Å². The molecule has 3 aromatic rings. The standard InChI is InChI=1S/C21H20BrFN4O/c22-16-8-5-14(6-9-16)12-20(28)24-18-13-15(7-10-17(18)23)21-26-25-19-4-2-1-3-11-27(19)21/h5-10,13H,1-4,11-12H2,(H,24,28). The minimum absolute atomic E-state index is 0.158. The van der Waals surface area contributed by atoms with Crippen LogP contribution in [0.25, 0.3) is 11.4 Å². The minimum Gasteiger partial charge on any atom is -0.323 e. The van der Waals surface area contributed by atoms with Crippen LogP contribution in [0.15, 0.2) is 46.9 Å². The first-order chi connectivity index (χ1) is 13.6. The molecule has 7 heteroatoms. The number of aryl methyl sites for hydroxylation is 1. The first-order valence-electron chi connectivity index (χ1n) is 9.36. The van der Waals surface area contributed by atoms with Crippen molar-refractivity contribution in [3.8, 4) is 11.4 Å². The zero-order valence-electron chi connectivity index (χ0n) is 15.3. The fourth-order valence-corrected chi connectivity index (χ4v) is 3.71. The van der Waals surface area contributed by atoms with E-state index < -0.39 is 5.82 Å². The highest BCUT2D eigenvalue weighted by molar-refractivity contribution is 9.10. The molecule has 0 saturated carbocycles. The lowest BCUT2D eigenvalue weighted by atomic mass is 10.1. The molecule has 0 unspecified atom stereocenters. The lowest BCUT2D eigenvalue weighted by Gasteiger charge is -2.10. The number of carbonyl (C=O) groups is 1. The predicted octanol–water partition coefficient (Wildman–Crippen LogP) is 4.75. The molecular weight excluding hydrogens is 423 g/mol. The van der Waals surface area contributed by atoms with E-state index >= 15 is 0 Å². The Balaban J connectivity index is 1.55. The highest BCUT2D eigenvalue weighted by Gasteiger charge is 2.17. The second kappa shape index (κ2) is 8.22. The summed E-state index contributed by atoms with van der Waals surface area (Å²) in [6, 6.07) is 12.2. The van der Waals surface area contributed by atoms with Gasteiger partial charge in [-0.15, -0.1) is 10.2 Å². The van der Waals surface area contributed by atoms with E-state index in [1.165, 1.54) is 12.5 Å². The Kier molecular flexibility index (Phi) is 5.52. The van der Waals surface area contributed by atoms with E-state index in [1.54, 1.807) is 12.1 Å². The minimum atomic E-state index is -0.469. The Morgan fingerprint density at radius 3 is 2.75 bits per heavy atom. The Morgan fingerprint density at radius 2 is 1.93 bits per heavy atom. The third-order valence-electron chi connectivity index (χ3n) is 4.89. The number of rotatable bonds is 4. The third-order valence-corrected chi connectivity index (χ3v) is 5.41. The predicted molar refractivity (Wildman–Crippen MR) is 109 cm³/mol. The van der Waals surface area contributed by atoms with Gasteiger partial charge in [-0.3, -0.25) is 4.79 Å². The van der Waals surface area contributed by atoms with Crippen molar-refractivity contribution >= 4 is 27.5 Å². The maximum absolute atomic E-state index is 14.3. The summed E-state index contributed by atoms with van der Waals surface area (Å²) in [6.45, 7) is 0.861. The van der Waals surface area contributed by atoms with Crippen molar-refractivity contribution in [2.24, 2.45) is 0 Å². The second-order valence-electron chi connectivity index (χ2n) is 6.95. The van der Waals surface area contributed by atoms with Gasteiger partial charge in [0, 0.05) is 23.0 Å². The Hall–Kier alpha value is -2.54. The molecule has 0 aliphatic carbocycles. The molecule has 4 rings (SSSR count). The highest BCUT2D eigenvalue weighted by Crippen LogP contribution is 2.26. The number of hydrogen-bond acceptors (Lipinski definition) is 3. The van der Waals surface area contributed by atoms with E-state index in [4.69, 9.17) is 0 Å². The van der Waals surface area contributed by atoms with Gasteiger partial charge in [0.2, 0.25) is 5.91 Å². The molecule has 0 radical (unpaired) electrons. The van der Waals surface area contributed by atoms with E-state index in [0.717, 1.165) is 53.1 Å². The smallest absolute Gasteiger partial charge is 0.228 e. The molecule has 1 amide bonds. The quantitative estimate of drug-likeness (QED) is 0.633. The van der Waals surface area contributed by atoms with E-state index in [2.05, 4.69) is 36.0 Å². The van der Waals surface area contributed by atoms with E-state index in [-0.39, 0.29) is 18.0 Å². The van der Waals surface area contributed by atoms with Crippen LogP contribution in [0.4, 0.5) is 10.1 Å². The molecule has 1 aromatic heterocycles. The van der Waals surface area contributed by atoms with Crippen LogP contribution in [0.5, 0.6) is 0 Å². The molecule has 1 aliphatic heterocycles. The van der Waals surface area contributed by atoms with Gasteiger partial charge in [0.1, 0.15) is 11.6 Å². The summed E-state index contributed by atoms with van der Waals surface area (Å²) < 4.78 is 17.4. The van der Waals surface area contributed by atoms with Crippen molar-refractivity contribution in [1.29, 1.82) is 0 Å². The van der Waals surface area contributed by atoms with E-state index in [9.17, 15) is 9.18 Å².